The standard InChI is InChI=1S/C21H31NO4/c1-14-11-18(8-7-17-9-10-22(13-17)16(3)25-6)12-15(2)19(14)26-21(4,5)20(23)24/h11-12,17H,3,7-10,13H2,1-2,4-6H3,(H,23,24)/t17-/m0/s1. The van der Waals surface area contributed by atoms with Crippen LogP contribution >= 0.6 is 0 Å². The third-order valence-electron chi connectivity index (χ3n) is 5.11. The number of carboxylic acids is 1. The number of aryl methyl sites for hydroxylation is 3. The largest absolute Gasteiger partial charge is 0.483 e. The summed E-state index contributed by atoms with van der Waals surface area (Å²) in [5.41, 5.74) is 1.99. The molecule has 1 fully saturated rings. The lowest BCUT2D eigenvalue weighted by molar-refractivity contribution is -0.152. The number of aliphatic carboxylic acids is 1. The van der Waals surface area contributed by atoms with Crippen molar-refractivity contribution in [2.45, 2.75) is 52.6 Å². The second kappa shape index (κ2) is 8.02. The van der Waals surface area contributed by atoms with Crippen LogP contribution < -0.4 is 4.74 Å². The van der Waals surface area contributed by atoms with E-state index in [4.69, 9.17) is 9.47 Å². The molecule has 0 spiro atoms. The van der Waals surface area contributed by atoms with Crippen LogP contribution in [0.5, 0.6) is 5.75 Å². The molecule has 1 atom stereocenters. The third-order valence-corrected chi connectivity index (χ3v) is 5.11. The van der Waals surface area contributed by atoms with Crippen LogP contribution in [0, 0.1) is 19.8 Å². The van der Waals surface area contributed by atoms with Crippen LogP contribution in [0.15, 0.2) is 24.6 Å². The zero-order chi connectivity index (χ0) is 19.5. The quantitative estimate of drug-likeness (QED) is 0.711. The molecule has 2 rings (SSSR count). The zero-order valence-electron chi connectivity index (χ0n) is 16.6. The molecule has 1 aliphatic heterocycles. The van der Waals surface area contributed by atoms with Gasteiger partial charge in [-0.05, 0) is 76.1 Å². The van der Waals surface area contributed by atoms with Crippen molar-refractivity contribution >= 4 is 5.97 Å². The summed E-state index contributed by atoms with van der Waals surface area (Å²) >= 11 is 0. The molecule has 26 heavy (non-hydrogen) atoms. The average Bonchev–Trinajstić information content (AvgIpc) is 3.04. The van der Waals surface area contributed by atoms with Gasteiger partial charge in [-0.15, -0.1) is 0 Å². The maximum absolute atomic E-state index is 11.3. The van der Waals surface area contributed by atoms with Gasteiger partial charge in [0.2, 0.25) is 0 Å². The lowest BCUT2D eigenvalue weighted by Crippen LogP contribution is -2.38. The van der Waals surface area contributed by atoms with Gasteiger partial charge < -0.3 is 19.5 Å². The molecule has 0 aromatic heterocycles. The summed E-state index contributed by atoms with van der Waals surface area (Å²) in [6.45, 7) is 13.0. The van der Waals surface area contributed by atoms with E-state index in [2.05, 4.69) is 23.6 Å². The predicted molar refractivity (Wildman–Crippen MR) is 102 cm³/mol. The number of hydrogen-bond donors (Lipinski definition) is 1. The highest BCUT2D eigenvalue weighted by Gasteiger charge is 2.30. The molecule has 1 saturated heterocycles. The Hall–Kier alpha value is -2.17. The van der Waals surface area contributed by atoms with E-state index in [9.17, 15) is 9.90 Å². The van der Waals surface area contributed by atoms with Crippen LogP contribution in [0.4, 0.5) is 0 Å². The zero-order valence-corrected chi connectivity index (χ0v) is 16.6. The van der Waals surface area contributed by atoms with E-state index in [1.54, 1.807) is 21.0 Å². The molecule has 1 heterocycles. The molecule has 0 amide bonds. The van der Waals surface area contributed by atoms with Crippen molar-refractivity contribution in [1.29, 1.82) is 0 Å². The highest BCUT2D eigenvalue weighted by atomic mass is 16.5. The average molecular weight is 361 g/mol. The molecule has 1 aromatic carbocycles. The van der Waals surface area contributed by atoms with E-state index in [0.717, 1.165) is 49.4 Å². The maximum Gasteiger partial charge on any atom is 0.347 e. The van der Waals surface area contributed by atoms with Gasteiger partial charge in [-0.25, -0.2) is 4.79 Å². The van der Waals surface area contributed by atoms with Crippen molar-refractivity contribution in [2.24, 2.45) is 5.92 Å². The summed E-state index contributed by atoms with van der Waals surface area (Å²) in [6.07, 6.45) is 3.28. The minimum absolute atomic E-state index is 0.643. The molecule has 5 heteroatoms. The number of hydrogen-bond acceptors (Lipinski definition) is 4. The van der Waals surface area contributed by atoms with Gasteiger partial charge in [-0.1, -0.05) is 12.1 Å². The fourth-order valence-electron chi connectivity index (χ4n) is 3.44. The number of methoxy groups -OCH3 is 1. The van der Waals surface area contributed by atoms with E-state index in [-0.39, 0.29) is 0 Å². The number of likely N-dealkylation sites (tertiary alicyclic amines) is 1. The topological polar surface area (TPSA) is 59.0 Å². The molecule has 5 nitrogen and oxygen atoms in total. The molecule has 0 aliphatic carbocycles. The molecule has 1 aromatic rings. The lowest BCUT2D eigenvalue weighted by atomic mass is 9.96. The Balaban J connectivity index is 2.00. The second-order valence-corrected chi connectivity index (χ2v) is 7.71. The third kappa shape index (κ3) is 4.71. The van der Waals surface area contributed by atoms with Gasteiger partial charge in [-0.2, -0.15) is 0 Å². The Bertz CT molecular complexity index is 658. The fourth-order valence-corrected chi connectivity index (χ4v) is 3.44. The van der Waals surface area contributed by atoms with Gasteiger partial charge in [0, 0.05) is 13.1 Å². The van der Waals surface area contributed by atoms with Crippen molar-refractivity contribution in [3.8, 4) is 5.75 Å². The SMILES string of the molecule is C=C(OC)N1CC[C@H](CCc2cc(C)c(OC(C)(C)C(=O)O)c(C)c2)C1. The lowest BCUT2D eigenvalue weighted by Gasteiger charge is -2.24. The van der Waals surface area contributed by atoms with Gasteiger partial charge in [0.05, 0.1) is 7.11 Å². The van der Waals surface area contributed by atoms with E-state index in [0.29, 0.717) is 11.7 Å². The van der Waals surface area contributed by atoms with Crippen LogP contribution in [0.2, 0.25) is 0 Å². The number of ether oxygens (including phenoxy) is 2. The maximum atomic E-state index is 11.3. The van der Waals surface area contributed by atoms with E-state index in [1.807, 2.05) is 13.8 Å². The first-order valence-electron chi connectivity index (χ1n) is 9.14. The summed E-state index contributed by atoms with van der Waals surface area (Å²) in [5, 5.41) is 9.28. The van der Waals surface area contributed by atoms with Gasteiger partial charge >= 0.3 is 5.97 Å². The number of carbonyl (C=O) groups is 1. The first-order valence-corrected chi connectivity index (χ1v) is 9.14. The van der Waals surface area contributed by atoms with E-state index in [1.165, 1.54) is 5.56 Å². The Morgan fingerprint density at radius 3 is 2.50 bits per heavy atom. The normalized spacial score (nSPS) is 17.3. The van der Waals surface area contributed by atoms with Gasteiger partial charge in [0.1, 0.15) is 5.75 Å². The number of benzene rings is 1. The summed E-state index contributed by atoms with van der Waals surface area (Å²) in [7, 11) is 1.66. The Labute approximate surface area is 156 Å². The molecular formula is C21H31NO4. The molecule has 144 valence electrons. The van der Waals surface area contributed by atoms with Crippen molar-refractivity contribution in [3.63, 3.8) is 0 Å². The van der Waals surface area contributed by atoms with Crippen LogP contribution in [0.1, 0.15) is 43.4 Å². The van der Waals surface area contributed by atoms with Crippen molar-refractivity contribution < 1.29 is 19.4 Å². The molecule has 0 saturated carbocycles. The minimum atomic E-state index is -1.24. The Morgan fingerprint density at radius 1 is 1.35 bits per heavy atom. The number of nitrogens with zero attached hydrogens (tertiary/aromatic N) is 1. The number of carboxylic acid groups (broad SMARTS) is 1. The summed E-state index contributed by atoms with van der Waals surface area (Å²) in [6, 6.07) is 4.22. The monoisotopic (exact) mass is 361 g/mol. The molecule has 1 N–H and O–H groups in total. The van der Waals surface area contributed by atoms with Crippen molar-refractivity contribution in [1.82, 2.24) is 4.90 Å². The van der Waals surface area contributed by atoms with Crippen LogP contribution in [-0.4, -0.2) is 41.8 Å². The molecule has 0 bridgehead atoms. The first-order chi connectivity index (χ1) is 12.1. The molecule has 0 unspecified atom stereocenters. The van der Waals surface area contributed by atoms with E-state index < -0.39 is 11.6 Å². The minimum Gasteiger partial charge on any atom is -0.483 e. The Morgan fingerprint density at radius 2 is 1.96 bits per heavy atom. The second-order valence-electron chi connectivity index (χ2n) is 7.71. The van der Waals surface area contributed by atoms with Gasteiger partial charge in [0.25, 0.3) is 0 Å². The molecule has 0 radical (unpaired) electrons. The van der Waals surface area contributed by atoms with Crippen LogP contribution in [0.25, 0.3) is 0 Å². The van der Waals surface area contributed by atoms with Gasteiger partial charge in [-0.3, -0.25) is 0 Å². The van der Waals surface area contributed by atoms with Crippen LogP contribution in [0.3, 0.4) is 0 Å². The highest BCUT2D eigenvalue weighted by molar-refractivity contribution is 5.77. The highest BCUT2D eigenvalue weighted by Crippen LogP contribution is 2.30. The number of rotatable bonds is 8. The van der Waals surface area contributed by atoms with Crippen molar-refractivity contribution in [3.05, 3.63) is 41.3 Å². The first kappa shape index (κ1) is 20.1. The summed E-state index contributed by atoms with van der Waals surface area (Å²) in [4.78, 5) is 13.5. The van der Waals surface area contributed by atoms with Gasteiger partial charge in [0.15, 0.2) is 11.5 Å². The smallest absolute Gasteiger partial charge is 0.347 e. The van der Waals surface area contributed by atoms with Crippen molar-refractivity contribution in [2.75, 3.05) is 20.2 Å². The fraction of sp³-hybridized carbons (Fsp3) is 0.571. The van der Waals surface area contributed by atoms with Crippen LogP contribution in [-0.2, 0) is 16.0 Å². The summed E-state index contributed by atoms with van der Waals surface area (Å²) in [5.74, 6) is 1.10. The summed E-state index contributed by atoms with van der Waals surface area (Å²) < 4.78 is 11.0. The Kier molecular flexibility index (Phi) is 6.21. The molecule has 1 aliphatic rings. The predicted octanol–water partition coefficient (Wildman–Crippen LogP) is 3.92. The van der Waals surface area contributed by atoms with E-state index >= 15 is 0 Å². The molecular weight excluding hydrogens is 330 g/mol.